The van der Waals surface area contributed by atoms with E-state index in [0.29, 0.717) is 18.7 Å². The van der Waals surface area contributed by atoms with Crippen LogP contribution in [0.15, 0.2) is 24.3 Å². The Balaban J connectivity index is 2.33. The maximum absolute atomic E-state index is 11.7. The Morgan fingerprint density at radius 1 is 1.35 bits per heavy atom. The fraction of sp³-hybridized carbons (Fsp3) is 0.467. The van der Waals surface area contributed by atoms with Gasteiger partial charge in [0.25, 0.3) is 5.91 Å². The number of rotatable bonds is 8. The lowest BCUT2D eigenvalue weighted by Crippen LogP contribution is -2.33. The van der Waals surface area contributed by atoms with Crippen LogP contribution in [0.4, 0.5) is 0 Å². The van der Waals surface area contributed by atoms with Gasteiger partial charge in [0.15, 0.2) is 6.61 Å². The number of benzene rings is 1. The number of carbonyl (C=O) groups is 2. The summed E-state index contributed by atoms with van der Waals surface area (Å²) in [6.45, 7) is 4.12. The topological polar surface area (TPSA) is 75.6 Å². The highest BCUT2D eigenvalue weighted by molar-refractivity contribution is 5.77. The molecule has 0 fully saturated rings. The highest BCUT2D eigenvalue weighted by Crippen LogP contribution is 2.15. The van der Waals surface area contributed by atoms with E-state index in [9.17, 15) is 9.59 Å². The molecule has 110 valence electrons. The van der Waals surface area contributed by atoms with E-state index in [1.165, 1.54) is 0 Å². The zero-order valence-electron chi connectivity index (χ0n) is 11.9. The number of aryl methyl sites for hydroxylation is 1. The smallest absolute Gasteiger partial charge is 0.303 e. The van der Waals surface area contributed by atoms with Crippen molar-refractivity contribution in [2.24, 2.45) is 5.92 Å². The maximum Gasteiger partial charge on any atom is 0.303 e. The van der Waals surface area contributed by atoms with Crippen LogP contribution in [0.5, 0.6) is 5.75 Å². The molecule has 0 radical (unpaired) electrons. The summed E-state index contributed by atoms with van der Waals surface area (Å²) in [5.41, 5.74) is 0.970. The highest BCUT2D eigenvalue weighted by atomic mass is 16.5. The van der Waals surface area contributed by atoms with E-state index in [-0.39, 0.29) is 24.9 Å². The third-order valence-corrected chi connectivity index (χ3v) is 3.08. The lowest BCUT2D eigenvalue weighted by Gasteiger charge is -2.14. The molecule has 0 aromatic heterocycles. The van der Waals surface area contributed by atoms with Crippen molar-refractivity contribution in [3.05, 3.63) is 29.8 Å². The van der Waals surface area contributed by atoms with Gasteiger partial charge < -0.3 is 15.2 Å². The summed E-state index contributed by atoms with van der Waals surface area (Å²) in [5.74, 6) is -0.450. The number of ether oxygens (including phenoxy) is 1. The quantitative estimate of drug-likeness (QED) is 0.763. The van der Waals surface area contributed by atoms with Crippen molar-refractivity contribution in [2.75, 3.05) is 13.2 Å². The van der Waals surface area contributed by atoms with Crippen LogP contribution in [0.2, 0.25) is 0 Å². The van der Waals surface area contributed by atoms with E-state index in [1.54, 1.807) is 0 Å². The minimum atomic E-state index is -0.845. The maximum atomic E-state index is 11.7. The number of hydrogen-bond acceptors (Lipinski definition) is 3. The lowest BCUT2D eigenvalue weighted by atomic mass is 10.0. The molecule has 0 bridgehead atoms. The fourth-order valence-electron chi connectivity index (χ4n) is 1.78. The first-order valence-corrected chi connectivity index (χ1v) is 6.69. The van der Waals surface area contributed by atoms with Crippen LogP contribution in [-0.4, -0.2) is 30.1 Å². The number of carboxylic acid groups (broad SMARTS) is 1. The van der Waals surface area contributed by atoms with Crippen LogP contribution < -0.4 is 10.1 Å². The first-order chi connectivity index (χ1) is 9.52. The van der Waals surface area contributed by atoms with Gasteiger partial charge in [-0.05, 0) is 24.5 Å². The van der Waals surface area contributed by atoms with Crippen LogP contribution in [0.1, 0.15) is 25.3 Å². The number of amides is 1. The van der Waals surface area contributed by atoms with Gasteiger partial charge in [-0.1, -0.05) is 31.5 Å². The summed E-state index contributed by atoms with van der Waals surface area (Å²) in [6, 6.07) is 7.47. The second kappa shape index (κ2) is 8.19. The van der Waals surface area contributed by atoms with Crippen molar-refractivity contribution in [2.45, 2.75) is 26.7 Å². The summed E-state index contributed by atoms with van der Waals surface area (Å²) >= 11 is 0. The normalized spacial score (nSPS) is 11.7. The Kier molecular flexibility index (Phi) is 6.56. The van der Waals surface area contributed by atoms with Gasteiger partial charge in [-0.3, -0.25) is 9.59 Å². The summed E-state index contributed by atoms with van der Waals surface area (Å²) in [7, 11) is 0. The molecule has 0 aliphatic rings. The molecule has 1 rings (SSSR count). The van der Waals surface area contributed by atoms with E-state index in [2.05, 4.69) is 5.32 Å². The summed E-state index contributed by atoms with van der Waals surface area (Å²) in [4.78, 5) is 22.3. The molecule has 0 spiro atoms. The molecule has 0 saturated carbocycles. The molecule has 0 heterocycles. The van der Waals surface area contributed by atoms with Gasteiger partial charge in [-0.25, -0.2) is 0 Å². The van der Waals surface area contributed by atoms with Gasteiger partial charge in [-0.2, -0.15) is 0 Å². The van der Waals surface area contributed by atoms with Crippen LogP contribution in [0.3, 0.4) is 0 Å². The first kappa shape index (κ1) is 16.0. The molecular formula is C15H21NO4. The second-order valence-electron chi connectivity index (χ2n) is 4.73. The number of aliphatic carboxylic acids is 1. The average Bonchev–Trinajstić information content (AvgIpc) is 2.42. The Bertz CT molecular complexity index is 459. The molecule has 1 aromatic rings. The molecule has 5 heteroatoms. The molecule has 1 aromatic carbocycles. The third-order valence-electron chi connectivity index (χ3n) is 3.08. The molecular weight excluding hydrogens is 258 g/mol. The zero-order chi connectivity index (χ0) is 15.0. The highest BCUT2D eigenvalue weighted by Gasteiger charge is 2.12. The monoisotopic (exact) mass is 279 g/mol. The molecule has 1 amide bonds. The summed E-state index contributed by atoms with van der Waals surface area (Å²) in [5, 5.41) is 11.4. The van der Waals surface area contributed by atoms with Crippen molar-refractivity contribution < 1.29 is 19.4 Å². The van der Waals surface area contributed by atoms with Crippen molar-refractivity contribution in [1.29, 1.82) is 0 Å². The van der Waals surface area contributed by atoms with E-state index >= 15 is 0 Å². The van der Waals surface area contributed by atoms with Crippen molar-refractivity contribution in [3.63, 3.8) is 0 Å². The SMILES string of the molecule is CCC(CNC(=O)COc1ccccc1C)CC(=O)O. The molecule has 20 heavy (non-hydrogen) atoms. The number of hydrogen-bond donors (Lipinski definition) is 2. The fourth-order valence-corrected chi connectivity index (χ4v) is 1.78. The summed E-state index contributed by atoms with van der Waals surface area (Å²) in [6.07, 6.45) is 0.778. The molecule has 5 nitrogen and oxygen atoms in total. The van der Waals surface area contributed by atoms with Gasteiger partial charge in [0, 0.05) is 13.0 Å². The van der Waals surface area contributed by atoms with Crippen LogP contribution in [-0.2, 0) is 9.59 Å². The zero-order valence-corrected chi connectivity index (χ0v) is 11.9. The van der Waals surface area contributed by atoms with Crippen LogP contribution in [0.25, 0.3) is 0 Å². The predicted octanol–water partition coefficient (Wildman–Crippen LogP) is 1.99. The Hall–Kier alpha value is -2.04. The molecule has 1 unspecified atom stereocenters. The summed E-state index contributed by atoms with van der Waals surface area (Å²) < 4.78 is 5.42. The average molecular weight is 279 g/mol. The Labute approximate surface area is 118 Å². The molecule has 0 aliphatic carbocycles. The molecule has 2 N–H and O–H groups in total. The van der Waals surface area contributed by atoms with Gasteiger partial charge in [0.05, 0.1) is 0 Å². The lowest BCUT2D eigenvalue weighted by molar-refractivity contribution is -0.138. The van der Waals surface area contributed by atoms with Gasteiger partial charge in [0.1, 0.15) is 5.75 Å². The minimum Gasteiger partial charge on any atom is -0.484 e. The van der Waals surface area contributed by atoms with Gasteiger partial charge in [-0.15, -0.1) is 0 Å². The van der Waals surface area contributed by atoms with Crippen LogP contribution >= 0.6 is 0 Å². The number of carboxylic acids is 1. The number of carbonyl (C=O) groups excluding carboxylic acids is 1. The second-order valence-corrected chi connectivity index (χ2v) is 4.73. The van der Waals surface area contributed by atoms with Crippen molar-refractivity contribution in [1.82, 2.24) is 5.32 Å². The molecule has 0 saturated heterocycles. The third kappa shape index (κ3) is 5.73. The first-order valence-electron chi connectivity index (χ1n) is 6.69. The van der Waals surface area contributed by atoms with Gasteiger partial charge >= 0.3 is 5.97 Å². The van der Waals surface area contributed by atoms with E-state index < -0.39 is 5.97 Å². The van der Waals surface area contributed by atoms with Crippen molar-refractivity contribution in [3.8, 4) is 5.75 Å². The van der Waals surface area contributed by atoms with Gasteiger partial charge in [0.2, 0.25) is 0 Å². The molecule has 0 aliphatic heterocycles. The van der Waals surface area contributed by atoms with E-state index in [1.807, 2.05) is 38.1 Å². The van der Waals surface area contributed by atoms with E-state index in [0.717, 1.165) is 5.56 Å². The molecule has 1 atom stereocenters. The number of para-hydroxylation sites is 1. The Morgan fingerprint density at radius 3 is 2.65 bits per heavy atom. The predicted molar refractivity (Wildman–Crippen MR) is 75.7 cm³/mol. The number of nitrogens with one attached hydrogen (secondary N) is 1. The Morgan fingerprint density at radius 2 is 2.05 bits per heavy atom. The standard InChI is InChI=1S/C15H21NO4/c1-3-12(8-15(18)19)9-16-14(17)10-20-13-7-5-4-6-11(13)2/h4-7,12H,3,8-10H2,1-2H3,(H,16,17)(H,18,19). The minimum absolute atomic E-state index is 0.0464. The largest absolute Gasteiger partial charge is 0.484 e. The van der Waals surface area contributed by atoms with Crippen LogP contribution in [0, 0.1) is 12.8 Å². The van der Waals surface area contributed by atoms with E-state index in [4.69, 9.17) is 9.84 Å². The van der Waals surface area contributed by atoms with Crippen molar-refractivity contribution >= 4 is 11.9 Å².